The summed E-state index contributed by atoms with van der Waals surface area (Å²) in [6.07, 6.45) is 0. The zero-order valence-electron chi connectivity index (χ0n) is 4.57. The lowest BCUT2D eigenvalue weighted by molar-refractivity contribution is 0.628. The standard InChI is InChI=1S/C6H5FIN/c7-4-1-2-5(8)6(9)3-4/h1-3H,9H2. The Balaban J connectivity index is 3.17. The van der Waals surface area contributed by atoms with E-state index >= 15 is 0 Å². The number of halogens is 2. The Morgan fingerprint density at radius 2 is 2.11 bits per heavy atom. The number of hydrogen-bond donors (Lipinski definition) is 1. The third-order valence-electron chi connectivity index (χ3n) is 0.958. The van der Waals surface area contributed by atoms with Crippen molar-refractivity contribution < 1.29 is 4.39 Å². The fourth-order valence-corrected chi connectivity index (χ4v) is 0.850. The summed E-state index contributed by atoms with van der Waals surface area (Å²) in [5.41, 5.74) is 5.87. The Labute approximate surface area is 66.2 Å². The SMILES string of the molecule is Nc1cc(F)ccc1I. The minimum absolute atomic E-state index is 0.284. The minimum atomic E-state index is -0.284. The Kier molecular flexibility index (Phi) is 1.90. The molecule has 2 N–H and O–H groups in total. The van der Waals surface area contributed by atoms with Gasteiger partial charge < -0.3 is 5.73 Å². The molecule has 3 heteroatoms. The van der Waals surface area contributed by atoms with Crippen molar-refractivity contribution in [1.82, 2.24) is 0 Å². The maximum atomic E-state index is 12.3. The average Bonchev–Trinajstić information content (AvgIpc) is 1.80. The Bertz CT molecular complexity index is 224. The molecule has 0 aliphatic heterocycles. The van der Waals surface area contributed by atoms with Crippen LogP contribution < -0.4 is 5.73 Å². The molecule has 0 aromatic heterocycles. The summed E-state index contributed by atoms with van der Waals surface area (Å²) in [6.45, 7) is 0. The molecule has 1 nitrogen and oxygen atoms in total. The van der Waals surface area contributed by atoms with E-state index in [0.29, 0.717) is 5.69 Å². The summed E-state index contributed by atoms with van der Waals surface area (Å²) >= 11 is 2.05. The lowest BCUT2D eigenvalue weighted by Crippen LogP contribution is -1.88. The molecule has 0 saturated carbocycles. The first kappa shape index (κ1) is 6.80. The van der Waals surface area contributed by atoms with Crippen molar-refractivity contribution in [2.45, 2.75) is 0 Å². The van der Waals surface area contributed by atoms with Crippen molar-refractivity contribution in [3.8, 4) is 0 Å². The van der Waals surface area contributed by atoms with Gasteiger partial charge >= 0.3 is 0 Å². The van der Waals surface area contributed by atoms with Gasteiger partial charge in [0, 0.05) is 9.26 Å². The van der Waals surface area contributed by atoms with Crippen LogP contribution in [-0.2, 0) is 0 Å². The first-order chi connectivity index (χ1) is 4.20. The molecule has 48 valence electrons. The van der Waals surface area contributed by atoms with Gasteiger partial charge in [0.1, 0.15) is 5.82 Å². The van der Waals surface area contributed by atoms with Crippen LogP contribution in [0.2, 0.25) is 0 Å². The predicted octanol–water partition coefficient (Wildman–Crippen LogP) is 2.01. The zero-order valence-corrected chi connectivity index (χ0v) is 6.72. The molecule has 0 saturated heterocycles. The molecule has 0 spiro atoms. The largest absolute Gasteiger partial charge is 0.398 e. The highest BCUT2D eigenvalue weighted by molar-refractivity contribution is 14.1. The van der Waals surface area contributed by atoms with Crippen LogP contribution in [0.1, 0.15) is 0 Å². The van der Waals surface area contributed by atoms with Gasteiger partial charge in [-0.15, -0.1) is 0 Å². The molecule has 0 unspecified atom stereocenters. The number of nitrogens with two attached hydrogens (primary N) is 1. The van der Waals surface area contributed by atoms with Crippen LogP contribution in [0.25, 0.3) is 0 Å². The highest BCUT2D eigenvalue weighted by Gasteiger charge is 1.94. The molecule has 9 heavy (non-hydrogen) atoms. The summed E-state index contributed by atoms with van der Waals surface area (Å²) in [4.78, 5) is 0. The van der Waals surface area contributed by atoms with E-state index in [0.717, 1.165) is 3.57 Å². The van der Waals surface area contributed by atoms with E-state index in [9.17, 15) is 4.39 Å². The molecule has 1 rings (SSSR count). The molecule has 0 atom stereocenters. The van der Waals surface area contributed by atoms with Crippen molar-refractivity contribution in [1.29, 1.82) is 0 Å². The number of benzene rings is 1. The molecule has 0 radical (unpaired) electrons. The lowest BCUT2D eigenvalue weighted by atomic mass is 10.3. The van der Waals surface area contributed by atoms with Crippen molar-refractivity contribution >= 4 is 28.3 Å². The van der Waals surface area contributed by atoms with Crippen molar-refractivity contribution in [2.24, 2.45) is 0 Å². The molecular formula is C6H5FIN. The molecule has 0 fully saturated rings. The smallest absolute Gasteiger partial charge is 0.125 e. The Morgan fingerprint density at radius 3 is 2.56 bits per heavy atom. The van der Waals surface area contributed by atoms with E-state index in [2.05, 4.69) is 0 Å². The first-order valence-electron chi connectivity index (χ1n) is 2.40. The third-order valence-corrected chi connectivity index (χ3v) is 1.94. The van der Waals surface area contributed by atoms with Crippen molar-refractivity contribution in [3.63, 3.8) is 0 Å². The fraction of sp³-hybridized carbons (Fsp3) is 0. The van der Waals surface area contributed by atoms with E-state index in [1.165, 1.54) is 12.1 Å². The zero-order chi connectivity index (χ0) is 6.85. The van der Waals surface area contributed by atoms with Gasteiger partial charge in [-0.3, -0.25) is 0 Å². The van der Waals surface area contributed by atoms with E-state index in [1.807, 2.05) is 22.6 Å². The second kappa shape index (κ2) is 2.51. The van der Waals surface area contributed by atoms with E-state index in [1.54, 1.807) is 6.07 Å². The number of rotatable bonds is 0. The van der Waals surface area contributed by atoms with Gasteiger partial charge in [-0.25, -0.2) is 4.39 Å². The number of nitrogen functional groups attached to an aromatic ring is 1. The van der Waals surface area contributed by atoms with Gasteiger partial charge in [0.15, 0.2) is 0 Å². The summed E-state index contributed by atoms with van der Waals surface area (Å²) in [5, 5.41) is 0. The Hall–Kier alpha value is -0.320. The first-order valence-corrected chi connectivity index (χ1v) is 3.48. The molecular weight excluding hydrogens is 232 g/mol. The average molecular weight is 237 g/mol. The monoisotopic (exact) mass is 237 g/mol. The molecule has 0 bridgehead atoms. The van der Waals surface area contributed by atoms with E-state index in [4.69, 9.17) is 5.73 Å². The van der Waals surface area contributed by atoms with Crippen molar-refractivity contribution in [2.75, 3.05) is 5.73 Å². The summed E-state index contributed by atoms with van der Waals surface area (Å²) < 4.78 is 13.1. The second-order valence-corrected chi connectivity index (χ2v) is 2.83. The van der Waals surface area contributed by atoms with Crippen LogP contribution in [-0.4, -0.2) is 0 Å². The van der Waals surface area contributed by atoms with E-state index in [-0.39, 0.29) is 5.82 Å². The van der Waals surface area contributed by atoms with Gasteiger partial charge in [-0.05, 0) is 40.8 Å². The van der Waals surface area contributed by atoms with Gasteiger partial charge in [0.2, 0.25) is 0 Å². The molecule has 0 aliphatic rings. The third kappa shape index (κ3) is 1.54. The predicted molar refractivity (Wildman–Crippen MR) is 43.5 cm³/mol. The Morgan fingerprint density at radius 1 is 1.44 bits per heavy atom. The van der Waals surface area contributed by atoms with Crippen LogP contribution in [0.4, 0.5) is 10.1 Å². The molecule has 0 heterocycles. The topological polar surface area (TPSA) is 26.0 Å². The maximum absolute atomic E-state index is 12.3. The lowest BCUT2D eigenvalue weighted by Gasteiger charge is -1.94. The van der Waals surface area contributed by atoms with Gasteiger partial charge in [-0.2, -0.15) is 0 Å². The van der Waals surface area contributed by atoms with Crippen LogP contribution in [0, 0.1) is 9.39 Å². The number of anilines is 1. The van der Waals surface area contributed by atoms with Crippen LogP contribution >= 0.6 is 22.6 Å². The maximum Gasteiger partial charge on any atom is 0.125 e. The number of hydrogen-bond acceptors (Lipinski definition) is 1. The quantitative estimate of drug-likeness (QED) is 0.542. The van der Waals surface area contributed by atoms with Gasteiger partial charge in [0.05, 0.1) is 0 Å². The van der Waals surface area contributed by atoms with Crippen LogP contribution in [0.3, 0.4) is 0 Å². The van der Waals surface area contributed by atoms with Gasteiger partial charge in [-0.1, -0.05) is 0 Å². The molecule has 1 aromatic carbocycles. The van der Waals surface area contributed by atoms with Crippen LogP contribution in [0.5, 0.6) is 0 Å². The highest BCUT2D eigenvalue weighted by atomic mass is 127. The summed E-state index contributed by atoms with van der Waals surface area (Å²) in [7, 11) is 0. The van der Waals surface area contributed by atoms with Crippen molar-refractivity contribution in [3.05, 3.63) is 27.6 Å². The molecule has 0 aliphatic carbocycles. The second-order valence-electron chi connectivity index (χ2n) is 1.67. The van der Waals surface area contributed by atoms with E-state index < -0.39 is 0 Å². The van der Waals surface area contributed by atoms with Gasteiger partial charge in [0.25, 0.3) is 0 Å². The molecule has 0 amide bonds. The van der Waals surface area contributed by atoms with Crippen LogP contribution in [0.15, 0.2) is 18.2 Å². The highest BCUT2D eigenvalue weighted by Crippen LogP contribution is 2.14. The fourth-order valence-electron chi connectivity index (χ4n) is 0.515. The minimum Gasteiger partial charge on any atom is -0.398 e. The summed E-state index contributed by atoms with van der Waals surface area (Å²) in [5.74, 6) is -0.284. The molecule has 1 aromatic rings. The normalized spacial score (nSPS) is 9.56. The summed E-state index contributed by atoms with van der Waals surface area (Å²) in [6, 6.07) is 4.34.